The highest BCUT2D eigenvalue weighted by Crippen LogP contribution is 2.23. The first-order chi connectivity index (χ1) is 7.65. The first-order valence-corrected chi connectivity index (χ1v) is 6.05. The zero-order valence-corrected chi connectivity index (χ0v) is 10.4. The SMILES string of the molecule is Cc1cnc(NCc2ccc(Cl)s2)c(N)c1. The van der Waals surface area contributed by atoms with E-state index < -0.39 is 0 Å². The summed E-state index contributed by atoms with van der Waals surface area (Å²) in [5.41, 5.74) is 7.57. The van der Waals surface area contributed by atoms with Gasteiger partial charge >= 0.3 is 0 Å². The van der Waals surface area contributed by atoms with E-state index in [-0.39, 0.29) is 0 Å². The highest BCUT2D eigenvalue weighted by atomic mass is 35.5. The van der Waals surface area contributed by atoms with Crippen LogP contribution in [0.4, 0.5) is 11.5 Å². The van der Waals surface area contributed by atoms with Crippen molar-refractivity contribution in [2.24, 2.45) is 0 Å². The lowest BCUT2D eigenvalue weighted by atomic mass is 10.3. The van der Waals surface area contributed by atoms with Gasteiger partial charge in [0.15, 0.2) is 0 Å². The van der Waals surface area contributed by atoms with Crippen molar-refractivity contribution in [2.75, 3.05) is 11.1 Å². The third kappa shape index (κ3) is 2.65. The van der Waals surface area contributed by atoms with Crippen LogP contribution in [-0.2, 0) is 6.54 Å². The Morgan fingerprint density at radius 2 is 2.31 bits per heavy atom. The van der Waals surface area contributed by atoms with Gasteiger partial charge in [0.1, 0.15) is 5.82 Å². The first-order valence-electron chi connectivity index (χ1n) is 4.85. The van der Waals surface area contributed by atoms with E-state index in [0.29, 0.717) is 12.2 Å². The van der Waals surface area contributed by atoms with Gasteiger partial charge in [-0.25, -0.2) is 4.98 Å². The molecule has 0 spiro atoms. The second-order valence-corrected chi connectivity index (χ2v) is 5.31. The molecule has 0 saturated carbocycles. The number of nitrogens with two attached hydrogens (primary N) is 1. The zero-order valence-electron chi connectivity index (χ0n) is 8.83. The van der Waals surface area contributed by atoms with Crippen LogP contribution in [0.25, 0.3) is 0 Å². The molecule has 3 N–H and O–H groups in total. The smallest absolute Gasteiger partial charge is 0.149 e. The fourth-order valence-electron chi connectivity index (χ4n) is 1.36. The summed E-state index contributed by atoms with van der Waals surface area (Å²) in [5, 5.41) is 3.19. The summed E-state index contributed by atoms with van der Waals surface area (Å²) in [4.78, 5) is 5.39. The second kappa shape index (κ2) is 4.72. The second-order valence-electron chi connectivity index (χ2n) is 3.51. The number of nitrogen functional groups attached to an aromatic ring is 1. The highest BCUT2D eigenvalue weighted by molar-refractivity contribution is 7.16. The zero-order chi connectivity index (χ0) is 11.5. The minimum Gasteiger partial charge on any atom is -0.396 e. The van der Waals surface area contributed by atoms with Crippen LogP contribution >= 0.6 is 22.9 Å². The van der Waals surface area contributed by atoms with E-state index in [1.54, 1.807) is 17.5 Å². The van der Waals surface area contributed by atoms with Crippen LogP contribution in [0.3, 0.4) is 0 Å². The number of nitrogens with one attached hydrogen (secondary N) is 1. The fraction of sp³-hybridized carbons (Fsp3) is 0.182. The number of anilines is 2. The minimum absolute atomic E-state index is 0.669. The van der Waals surface area contributed by atoms with Crippen molar-refractivity contribution >= 4 is 34.4 Å². The number of pyridine rings is 1. The molecule has 0 aliphatic rings. The number of hydrogen-bond donors (Lipinski definition) is 2. The van der Waals surface area contributed by atoms with E-state index in [9.17, 15) is 0 Å². The number of rotatable bonds is 3. The van der Waals surface area contributed by atoms with E-state index in [4.69, 9.17) is 17.3 Å². The molecular formula is C11H12ClN3S. The normalized spacial score (nSPS) is 10.4. The Morgan fingerprint density at radius 1 is 1.50 bits per heavy atom. The highest BCUT2D eigenvalue weighted by Gasteiger charge is 2.02. The molecule has 2 rings (SSSR count). The largest absolute Gasteiger partial charge is 0.396 e. The quantitative estimate of drug-likeness (QED) is 0.883. The van der Waals surface area contributed by atoms with Crippen LogP contribution < -0.4 is 11.1 Å². The lowest BCUT2D eigenvalue weighted by Gasteiger charge is -2.07. The first kappa shape index (κ1) is 11.2. The topological polar surface area (TPSA) is 50.9 Å². The van der Waals surface area contributed by atoms with Crippen LogP contribution in [-0.4, -0.2) is 4.98 Å². The van der Waals surface area contributed by atoms with E-state index in [1.165, 1.54) is 0 Å². The summed E-state index contributed by atoms with van der Waals surface area (Å²) >= 11 is 7.39. The van der Waals surface area contributed by atoms with Crippen LogP contribution in [0.15, 0.2) is 24.4 Å². The average Bonchev–Trinajstić information content (AvgIpc) is 2.63. The lowest BCUT2D eigenvalue weighted by Crippen LogP contribution is -2.03. The van der Waals surface area contributed by atoms with Crippen molar-refractivity contribution in [1.82, 2.24) is 4.98 Å². The summed E-state index contributed by atoms with van der Waals surface area (Å²) in [7, 11) is 0. The Kier molecular flexibility index (Phi) is 3.31. The number of halogens is 1. The van der Waals surface area contributed by atoms with Crippen molar-refractivity contribution in [3.8, 4) is 0 Å². The summed E-state index contributed by atoms with van der Waals surface area (Å²) in [6.45, 7) is 2.66. The lowest BCUT2D eigenvalue weighted by molar-refractivity contribution is 1.13. The Hall–Kier alpha value is -1.26. The predicted molar refractivity (Wildman–Crippen MR) is 70.0 cm³/mol. The average molecular weight is 254 g/mol. The summed E-state index contributed by atoms with van der Waals surface area (Å²) in [6, 6.07) is 5.77. The maximum Gasteiger partial charge on any atom is 0.149 e. The van der Waals surface area contributed by atoms with Crippen LogP contribution in [0.1, 0.15) is 10.4 Å². The van der Waals surface area contributed by atoms with Crippen molar-refractivity contribution in [3.63, 3.8) is 0 Å². The van der Waals surface area contributed by atoms with Crippen molar-refractivity contribution in [1.29, 1.82) is 0 Å². The Morgan fingerprint density at radius 3 is 2.94 bits per heavy atom. The molecule has 0 aliphatic heterocycles. The number of aromatic nitrogens is 1. The molecule has 0 radical (unpaired) electrons. The number of hydrogen-bond acceptors (Lipinski definition) is 4. The van der Waals surface area contributed by atoms with Crippen molar-refractivity contribution < 1.29 is 0 Å². The van der Waals surface area contributed by atoms with E-state index in [0.717, 1.165) is 20.6 Å². The van der Waals surface area contributed by atoms with Gasteiger partial charge in [-0.2, -0.15) is 0 Å². The van der Waals surface area contributed by atoms with Gasteiger partial charge in [-0.1, -0.05) is 11.6 Å². The number of aryl methyl sites for hydroxylation is 1. The molecule has 84 valence electrons. The fourth-order valence-corrected chi connectivity index (χ4v) is 2.38. The molecule has 2 aromatic rings. The molecule has 2 aromatic heterocycles. The van der Waals surface area contributed by atoms with E-state index in [2.05, 4.69) is 10.3 Å². The maximum atomic E-state index is 5.84. The molecule has 0 aromatic carbocycles. The molecule has 0 amide bonds. The van der Waals surface area contributed by atoms with Crippen molar-refractivity contribution in [3.05, 3.63) is 39.2 Å². The third-order valence-electron chi connectivity index (χ3n) is 2.11. The van der Waals surface area contributed by atoms with Crippen LogP contribution in [0.5, 0.6) is 0 Å². The molecule has 16 heavy (non-hydrogen) atoms. The van der Waals surface area contributed by atoms with Gasteiger partial charge in [0.05, 0.1) is 16.6 Å². The summed E-state index contributed by atoms with van der Waals surface area (Å²) in [5.74, 6) is 0.718. The van der Waals surface area contributed by atoms with Crippen LogP contribution in [0, 0.1) is 6.92 Å². The van der Waals surface area contributed by atoms with E-state index in [1.807, 2.05) is 25.1 Å². The minimum atomic E-state index is 0.669. The molecule has 3 nitrogen and oxygen atoms in total. The Labute approximate surface area is 103 Å². The molecule has 5 heteroatoms. The van der Waals surface area contributed by atoms with Gasteiger partial charge in [0.25, 0.3) is 0 Å². The van der Waals surface area contributed by atoms with Crippen LogP contribution in [0.2, 0.25) is 4.34 Å². The molecule has 0 fully saturated rings. The summed E-state index contributed by atoms with van der Waals surface area (Å²) in [6.07, 6.45) is 1.79. The van der Waals surface area contributed by atoms with Gasteiger partial charge in [-0.05, 0) is 30.7 Å². The van der Waals surface area contributed by atoms with Crippen molar-refractivity contribution in [2.45, 2.75) is 13.5 Å². The van der Waals surface area contributed by atoms with Gasteiger partial charge in [0, 0.05) is 11.1 Å². The van der Waals surface area contributed by atoms with Gasteiger partial charge in [-0.3, -0.25) is 0 Å². The van der Waals surface area contributed by atoms with Gasteiger partial charge in [0.2, 0.25) is 0 Å². The Balaban J connectivity index is 2.04. The third-order valence-corrected chi connectivity index (χ3v) is 3.34. The standard InChI is InChI=1S/C11H12ClN3S/c1-7-4-9(13)11(14-5-7)15-6-8-2-3-10(12)16-8/h2-5H,6,13H2,1H3,(H,14,15). The number of nitrogens with zero attached hydrogens (tertiary/aromatic N) is 1. The monoisotopic (exact) mass is 253 g/mol. The van der Waals surface area contributed by atoms with E-state index >= 15 is 0 Å². The molecule has 0 saturated heterocycles. The molecule has 0 unspecified atom stereocenters. The predicted octanol–water partition coefficient (Wildman–Crippen LogP) is 3.30. The van der Waals surface area contributed by atoms with Gasteiger partial charge in [-0.15, -0.1) is 11.3 Å². The molecule has 0 aliphatic carbocycles. The molecule has 0 bridgehead atoms. The Bertz CT molecular complexity index is 496. The maximum absolute atomic E-state index is 5.84. The summed E-state index contributed by atoms with van der Waals surface area (Å²) < 4.78 is 0.793. The number of thiophene rings is 1. The molecule has 2 heterocycles. The van der Waals surface area contributed by atoms with Gasteiger partial charge < -0.3 is 11.1 Å². The molecular weight excluding hydrogens is 242 g/mol. The molecule has 0 atom stereocenters.